The van der Waals surface area contributed by atoms with Crippen LogP contribution < -0.4 is 5.56 Å². The molecule has 2 aromatic rings. The maximum absolute atomic E-state index is 12.5. The van der Waals surface area contributed by atoms with Crippen LogP contribution >= 0.6 is 0 Å². The molecule has 4 rings (SSSR count). The first-order valence-corrected chi connectivity index (χ1v) is 8.19. The smallest absolute Gasteiger partial charge is 0.258 e. The molecule has 2 aromatic heterocycles. The lowest BCUT2D eigenvalue weighted by molar-refractivity contribution is 0.0341. The van der Waals surface area contributed by atoms with Gasteiger partial charge in [0.2, 0.25) is 0 Å². The second kappa shape index (κ2) is 5.52. The topological polar surface area (TPSA) is 34.0 Å². The molecule has 0 amide bonds. The van der Waals surface area contributed by atoms with Crippen molar-refractivity contribution in [2.24, 2.45) is 0 Å². The molecule has 0 N–H and O–H groups in total. The number of morpholine rings is 1. The Hall–Kier alpha value is -1.65. The molecule has 4 heteroatoms. The number of hydrogen-bond acceptors (Lipinski definition) is 3. The van der Waals surface area contributed by atoms with E-state index in [9.17, 15) is 4.79 Å². The Labute approximate surface area is 130 Å². The van der Waals surface area contributed by atoms with E-state index >= 15 is 0 Å². The second-order valence-electron chi connectivity index (χ2n) is 6.49. The summed E-state index contributed by atoms with van der Waals surface area (Å²) < 4.78 is 7.31. The number of ether oxygens (including phenoxy) is 1. The minimum atomic E-state index is 0.130. The number of aromatic nitrogens is 1. The Morgan fingerprint density at radius 3 is 2.64 bits per heavy atom. The van der Waals surface area contributed by atoms with E-state index in [2.05, 4.69) is 23.2 Å². The van der Waals surface area contributed by atoms with Gasteiger partial charge in [-0.2, -0.15) is 0 Å². The average Bonchev–Trinajstić information content (AvgIpc) is 2.53. The van der Waals surface area contributed by atoms with Crippen molar-refractivity contribution in [3.05, 3.63) is 50.9 Å². The van der Waals surface area contributed by atoms with Crippen LogP contribution in [-0.2, 0) is 24.1 Å². The zero-order chi connectivity index (χ0) is 15.1. The molecule has 2 aliphatic rings. The normalized spacial score (nSPS) is 18.8. The number of hydrogen-bond donors (Lipinski definition) is 0. The number of aryl methyl sites for hydroxylation is 3. The Morgan fingerprint density at radius 1 is 1.14 bits per heavy atom. The van der Waals surface area contributed by atoms with Crippen molar-refractivity contribution in [3.63, 3.8) is 0 Å². The van der Waals surface area contributed by atoms with Gasteiger partial charge in [0, 0.05) is 31.4 Å². The van der Waals surface area contributed by atoms with E-state index in [1.807, 2.05) is 11.3 Å². The van der Waals surface area contributed by atoms with Gasteiger partial charge in [-0.25, -0.2) is 0 Å². The van der Waals surface area contributed by atoms with E-state index < -0.39 is 0 Å². The van der Waals surface area contributed by atoms with Gasteiger partial charge in [-0.3, -0.25) is 14.1 Å². The molecule has 0 bridgehead atoms. The summed E-state index contributed by atoms with van der Waals surface area (Å²) in [5.74, 6) is 0. The lowest BCUT2D eigenvalue weighted by Crippen LogP contribution is -2.36. The molecule has 1 aliphatic carbocycles. The molecule has 0 radical (unpaired) electrons. The summed E-state index contributed by atoms with van der Waals surface area (Å²) in [6, 6.07) is 4.39. The van der Waals surface area contributed by atoms with Gasteiger partial charge < -0.3 is 4.74 Å². The molecular weight excluding hydrogens is 276 g/mol. The summed E-state index contributed by atoms with van der Waals surface area (Å²) in [6.07, 6.45) is 5.40. The largest absolute Gasteiger partial charge is 0.379 e. The molecule has 1 aliphatic heterocycles. The van der Waals surface area contributed by atoms with E-state index in [4.69, 9.17) is 4.74 Å². The SMILES string of the molecule is Cc1cc2c3c(cc(CN4CCOCC4)cn3c1=O)CCC2. The van der Waals surface area contributed by atoms with Crippen molar-refractivity contribution in [1.29, 1.82) is 0 Å². The Kier molecular flexibility index (Phi) is 3.51. The lowest BCUT2D eigenvalue weighted by atomic mass is 9.93. The van der Waals surface area contributed by atoms with Gasteiger partial charge in [0.1, 0.15) is 0 Å². The Morgan fingerprint density at radius 2 is 1.86 bits per heavy atom. The van der Waals surface area contributed by atoms with Crippen LogP contribution in [0, 0.1) is 6.92 Å². The van der Waals surface area contributed by atoms with Gasteiger partial charge in [-0.1, -0.05) is 6.07 Å². The van der Waals surface area contributed by atoms with Gasteiger partial charge in [0.05, 0.1) is 18.7 Å². The number of nitrogens with zero attached hydrogens (tertiary/aromatic N) is 2. The number of rotatable bonds is 2. The molecule has 0 saturated carbocycles. The summed E-state index contributed by atoms with van der Waals surface area (Å²) in [5.41, 5.74) is 6.05. The summed E-state index contributed by atoms with van der Waals surface area (Å²) in [7, 11) is 0. The molecule has 1 fully saturated rings. The van der Waals surface area contributed by atoms with E-state index in [1.165, 1.54) is 23.1 Å². The molecule has 4 nitrogen and oxygen atoms in total. The first kappa shape index (κ1) is 14.0. The van der Waals surface area contributed by atoms with Gasteiger partial charge in [0.15, 0.2) is 0 Å². The summed E-state index contributed by atoms with van der Waals surface area (Å²) >= 11 is 0. The first-order chi connectivity index (χ1) is 10.7. The molecular formula is C18H22N2O2. The fourth-order valence-corrected chi connectivity index (χ4v) is 3.77. The highest BCUT2D eigenvalue weighted by Crippen LogP contribution is 2.26. The van der Waals surface area contributed by atoms with Crippen LogP contribution in [0.2, 0.25) is 0 Å². The molecule has 1 saturated heterocycles. The van der Waals surface area contributed by atoms with Crippen LogP contribution in [0.15, 0.2) is 23.1 Å². The Balaban J connectivity index is 1.81. The van der Waals surface area contributed by atoms with Crippen molar-refractivity contribution in [2.75, 3.05) is 26.3 Å². The predicted molar refractivity (Wildman–Crippen MR) is 86.5 cm³/mol. The van der Waals surface area contributed by atoms with E-state index in [-0.39, 0.29) is 5.56 Å². The predicted octanol–water partition coefficient (Wildman–Crippen LogP) is 1.93. The Bertz CT molecular complexity index is 773. The van der Waals surface area contributed by atoms with Crippen molar-refractivity contribution in [3.8, 4) is 0 Å². The van der Waals surface area contributed by atoms with Crippen molar-refractivity contribution in [2.45, 2.75) is 32.7 Å². The molecule has 0 spiro atoms. The quantitative estimate of drug-likeness (QED) is 0.849. The monoisotopic (exact) mass is 298 g/mol. The van der Waals surface area contributed by atoms with Crippen LogP contribution in [0.3, 0.4) is 0 Å². The highest BCUT2D eigenvalue weighted by atomic mass is 16.5. The first-order valence-electron chi connectivity index (χ1n) is 8.19. The maximum Gasteiger partial charge on any atom is 0.258 e. The van der Waals surface area contributed by atoms with E-state index in [0.29, 0.717) is 0 Å². The van der Waals surface area contributed by atoms with Gasteiger partial charge in [-0.05, 0) is 48.9 Å². The van der Waals surface area contributed by atoms with Gasteiger partial charge in [-0.15, -0.1) is 0 Å². The van der Waals surface area contributed by atoms with Crippen molar-refractivity contribution in [1.82, 2.24) is 9.30 Å². The van der Waals surface area contributed by atoms with Crippen LogP contribution in [-0.4, -0.2) is 35.6 Å². The third kappa shape index (κ3) is 2.36. The highest BCUT2D eigenvalue weighted by Gasteiger charge is 2.18. The molecule has 0 unspecified atom stereocenters. The molecule has 0 atom stereocenters. The van der Waals surface area contributed by atoms with Crippen molar-refractivity contribution >= 4 is 5.52 Å². The third-order valence-corrected chi connectivity index (χ3v) is 4.85. The molecule has 3 heterocycles. The lowest BCUT2D eigenvalue weighted by Gasteiger charge is -2.27. The third-order valence-electron chi connectivity index (χ3n) is 4.85. The fraction of sp³-hybridized carbons (Fsp3) is 0.500. The molecule has 116 valence electrons. The second-order valence-corrected chi connectivity index (χ2v) is 6.49. The minimum absolute atomic E-state index is 0.130. The van der Waals surface area contributed by atoms with Crippen LogP contribution in [0.5, 0.6) is 0 Å². The maximum atomic E-state index is 12.5. The standard InChI is InChI=1S/C18H22N2O2/c1-13-9-15-3-2-4-16-10-14(11-19-5-7-22-8-6-19)12-20(17(15)16)18(13)21/h9-10,12H,2-8,11H2,1H3. The zero-order valence-electron chi connectivity index (χ0n) is 13.1. The number of pyridine rings is 2. The van der Waals surface area contributed by atoms with Crippen LogP contribution in [0.4, 0.5) is 0 Å². The van der Waals surface area contributed by atoms with E-state index in [0.717, 1.165) is 56.8 Å². The van der Waals surface area contributed by atoms with Crippen molar-refractivity contribution < 1.29 is 4.74 Å². The average molecular weight is 298 g/mol. The molecule has 0 aromatic carbocycles. The zero-order valence-corrected chi connectivity index (χ0v) is 13.1. The summed E-state index contributed by atoms with van der Waals surface area (Å²) in [5, 5.41) is 0. The molecule has 22 heavy (non-hydrogen) atoms. The highest BCUT2D eigenvalue weighted by molar-refractivity contribution is 5.64. The fourth-order valence-electron chi connectivity index (χ4n) is 3.77. The van der Waals surface area contributed by atoms with Crippen LogP contribution in [0.25, 0.3) is 5.52 Å². The minimum Gasteiger partial charge on any atom is -0.379 e. The van der Waals surface area contributed by atoms with E-state index in [1.54, 1.807) is 0 Å². The van der Waals surface area contributed by atoms with Gasteiger partial charge >= 0.3 is 0 Å². The van der Waals surface area contributed by atoms with Crippen LogP contribution in [0.1, 0.15) is 28.7 Å². The summed E-state index contributed by atoms with van der Waals surface area (Å²) in [6.45, 7) is 6.40. The summed E-state index contributed by atoms with van der Waals surface area (Å²) in [4.78, 5) is 15.0. The van der Waals surface area contributed by atoms with Gasteiger partial charge in [0.25, 0.3) is 5.56 Å².